The van der Waals surface area contributed by atoms with Gasteiger partial charge in [-0.3, -0.25) is 15.1 Å². The Morgan fingerprint density at radius 3 is 2.74 bits per heavy atom. The molecule has 1 aliphatic carbocycles. The second-order valence-electron chi connectivity index (χ2n) is 5.39. The molecule has 1 aliphatic rings. The van der Waals surface area contributed by atoms with Crippen LogP contribution in [0.2, 0.25) is 0 Å². The SMILES string of the molecule is CC(N[C@@H](C)c1cccnc1)C(=O)NC1CCCC1. The van der Waals surface area contributed by atoms with E-state index in [4.69, 9.17) is 0 Å². The van der Waals surface area contributed by atoms with Crippen molar-refractivity contribution >= 4 is 5.91 Å². The van der Waals surface area contributed by atoms with Gasteiger partial charge in [0.05, 0.1) is 6.04 Å². The largest absolute Gasteiger partial charge is 0.352 e. The number of amides is 1. The van der Waals surface area contributed by atoms with Gasteiger partial charge in [0.2, 0.25) is 5.91 Å². The molecule has 2 rings (SSSR count). The third-order valence-corrected chi connectivity index (χ3v) is 3.78. The molecule has 0 saturated heterocycles. The van der Waals surface area contributed by atoms with E-state index in [0.717, 1.165) is 18.4 Å². The van der Waals surface area contributed by atoms with E-state index in [-0.39, 0.29) is 18.0 Å². The molecule has 1 fully saturated rings. The molecule has 0 aromatic carbocycles. The number of hydrogen-bond acceptors (Lipinski definition) is 3. The Balaban J connectivity index is 1.82. The smallest absolute Gasteiger partial charge is 0.237 e. The van der Waals surface area contributed by atoms with Gasteiger partial charge < -0.3 is 5.32 Å². The zero-order chi connectivity index (χ0) is 13.7. The molecule has 1 unspecified atom stereocenters. The monoisotopic (exact) mass is 261 g/mol. The first-order valence-corrected chi connectivity index (χ1v) is 7.13. The second-order valence-corrected chi connectivity index (χ2v) is 5.39. The van der Waals surface area contributed by atoms with E-state index >= 15 is 0 Å². The summed E-state index contributed by atoms with van der Waals surface area (Å²) in [5.41, 5.74) is 1.10. The van der Waals surface area contributed by atoms with Crippen molar-refractivity contribution in [1.82, 2.24) is 15.6 Å². The fourth-order valence-electron chi connectivity index (χ4n) is 2.58. The summed E-state index contributed by atoms with van der Waals surface area (Å²) in [5.74, 6) is 0.0997. The first-order chi connectivity index (χ1) is 9.16. The number of carbonyl (C=O) groups is 1. The highest BCUT2D eigenvalue weighted by Gasteiger charge is 2.21. The van der Waals surface area contributed by atoms with Crippen molar-refractivity contribution in [2.75, 3.05) is 0 Å². The molecule has 0 aliphatic heterocycles. The Morgan fingerprint density at radius 1 is 1.37 bits per heavy atom. The van der Waals surface area contributed by atoms with Crippen LogP contribution in [0.15, 0.2) is 24.5 Å². The van der Waals surface area contributed by atoms with E-state index < -0.39 is 0 Å². The summed E-state index contributed by atoms with van der Waals surface area (Å²) >= 11 is 0. The molecule has 104 valence electrons. The molecule has 1 aromatic rings. The first-order valence-electron chi connectivity index (χ1n) is 7.13. The van der Waals surface area contributed by atoms with Crippen LogP contribution in [0.4, 0.5) is 0 Å². The van der Waals surface area contributed by atoms with E-state index in [1.165, 1.54) is 12.8 Å². The van der Waals surface area contributed by atoms with Crippen molar-refractivity contribution in [2.24, 2.45) is 0 Å². The summed E-state index contributed by atoms with van der Waals surface area (Å²) in [4.78, 5) is 16.2. The van der Waals surface area contributed by atoms with E-state index in [9.17, 15) is 4.79 Å². The van der Waals surface area contributed by atoms with Crippen LogP contribution < -0.4 is 10.6 Å². The summed E-state index contributed by atoms with van der Waals surface area (Å²) < 4.78 is 0. The number of nitrogens with zero attached hydrogens (tertiary/aromatic N) is 1. The van der Waals surface area contributed by atoms with Gasteiger partial charge in [-0.05, 0) is 38.3 Å². The number of aromatic nitrogens is 1. The van der Waals surface area contributed by atoms with Gasteiger partial charge in [0.25, 0.3) is 0 Å². The van der Waals surface area contributed by atoms with Gasteiger partial charge in [0, 0.05) is 24.5 Å². The highest BCUT2D eigenvalue weighted by Crippen LogP contribution is 2.18. The van der Waals surface area contributed by atoms with Gasteiger partial charge in [-0.15, -0.1) is 0 Å². The molecule has 1 heterocycles. The van der Waals surface area contributed by atoms with Crippen molar-refractivity contribution in [3.8, 4) is 0 Å². The van der Waals surface area contributed by atoms with Crippen LogP contribution in [0.1, 0.15) is 51.1 Å². The normalized spacial score (nSPS) is 19.1. The van der Waals surface area contributed by atoms with E-state index in [1.807, 2.05) is 25.3 Å². The number of pyridine rings is 1. The van der Waals surface area contributed by atoms with E-state index in [1.54, 1.807) is 6.20 Å². The van der Waals surface area contributed by atoms with Crippen molar-refractivity contribution in [3.63, 3.8) is 0 Å². The van der Waals surface area contributed by atoms with Gasteiger partial charge in [-0.1, -0.05) is 18.9 Å². The zero-order valence-corrected chi connectivity index (χ0v) is 11.7. The van der Waals surface area contributed by atoms with Crippen molar-refractivity contribution in [2.45, 2.75) is 57.7 Å². The summed E-state index contributed by atoms with van der Waals surface area (Å²) in [6.07, 6.45) is 8.30. The van der Waals surface area contributed by atoms with Crippen LogP contribution in [-0.2, 0) is 4.79 Å². The lowest BCUT2D eigenvalue weighted by Gasteiger charge is -2.21. The molecule has 4 heteroatoms. The van der Waals surface area contributed by atoms with Crippen LogP contribution >= 0.6 is 0 Å². The number of rotatable bonds is 5. The van der Waals surface area contributed by atoms with Crippen molar-refractivity contribution in [3.05, 3.63) is 30.1 Å². The molecule has 4 nitrogen and oxygen atoms in total. The van der Waals surface area contributed by atoms with Crippen LogP contribution in [0, 0.1) is 0 Å². The molecule has 2 N–H and O–H groups in total. The summed E-state index contributed by atoms with van der Waals surface area (Å²) in [7, 11) is 0. The van der Waals surface area contributed by atoms with Gasteiger partial charge in [-0.25, -0.2) is 0 Å². The molecule has 0 bridgehead atoms. The van der Waals surface area contributed by atoms with E-state index in [2.05, 4.69) is 22.5 Å². The third-order valence-electron chi connectivity index (χ3n) is 3.78. The zero-order valence-electron chi connectivity index (χ0n) is 11.7. The molecule has 1 aromatic heterocycles. The Morgan fingerprint density at radius 2 is 2.11 bits per heavy atom. The highest BCUT2D eigenvalue weighted by atomic mass is 16.2. The molecule has 1 saturated carbocycles. The summed E-state index contributed by atoms with van der Waals surface area (Å²) in [5, 5.41) is 6.44. The molecular weight excluding hydrogens is 238 g/mol. The fraction of sp³-hybridized carbons (Fsp3) is 0.600. The predicted octanol–water partition coefficient (Wildman–Crippen LogP) is 2.18. The number of carbonyl (C=O) groups excluding carboxylic acids is 1. The Kier molecular flexibility index (Phi) is 4.91. The fourth-order valence-corrected chi connectivity index (χ4v) is 2.58. The minimum absolute atomic E-state index is 0.0997. The topological polar surface area (TPSA) is 54.0 Å². The highest BCUT2D eigenvalue weighted by molar-refractivity contribution is 5.81. The summed E-state index contributed by atoms with van der Waals surface area (Å²) in [6.45, 7) is 3.97. The molecular formula is C15H23N3O. The average Bonchev–Trinajstić information content (AvgIpc) is 2.92. The van der Waals surface area contributed by atoms with Gasteiger partial charge in [-0.2, -0.15) is 0 Å². The van der Waals surface area contributed by atoms with Crippen LogP contribution in [0.5, 0.6) is 0 Å². The maximum absolute atomic E-state index is 12.1. The number of hydrogen-bond donors (Lipinski definition) is 2. The van der Waals surface area contributed by atoms with Gasteiger partial charge >= 0.3 is 0 Å². The predicted molar refractivity (Wildman–Crippen MR) is 75.6 cm³/mol. The van der Waals surface area contributed by atoms with Crippen LogP contribution in [-0.4, -0.2) is 23.0 Å². The van der Waals surface area contributed by atoms with Gasteiger partial charge in [0.1, 0.15) is 0 Å². The molecule has 0 radical (unpaired) electrons. The average molecular weight is 261 g/mol. The lowest BCUT2D eigenvalue weighted by molar-refractivity contribution is -0.123. The van der Waals surface area contributed by atoms with Crippen molar-refractivity contribution in [1.29, 1.82) is 0 Å². The summed E-state index contributed by atoms with van der Waals surface area (Å²) in [6, 6.07) is 4.25. The maximum atomic E-state index is 12.1. The maximum Gasteiger partial charge on any atom is 0.237 e. The Hall–Kier alpha value is -1.42. The lowest BCUT2D eigenvalue weighted by atomic mass is 10.1. The minimum atomic E-state index is -0.184. The number of nitrogens with one attached hydrogen (secondary N) is 2. The van der Waals surface area contributed by atoms with Gasteiger partial charge in [0.15, 0.2) is 0 Å². The standard InChI is InChI=1S/C15H23N3O/c1-11(13-6-5-9-16-10-13)17-12(2)15(19)18-14-7-3-4-8-14/h5-6,9-12,14,17H,3-4,7-8H2,1-2H3,(H,18,19)/t11-,12?/m0/s1. The molecule has 19 heavy (non-hydrogen) atoms. The first kappa shape index (κ1) is 14.0. The lowest BCUT2D eigenvalue weighted by Crippen LogP contribution is -2.46. The van der Waals surface area contributed by atoms with Crippen LogP contribution in [0.25, 0.3) is 0 Å². The molecule has 0 spiro atoms. The second kappa shape index (κ2) is 6.66. The quantitative estimate of drug-likeness (QED) is 0.854. The van der Waals surface area contributed by atoms with Crippen LogP contribution in [0.3, 0.4) is 0 Å². The Bertz CT molecular complexity index is 401. The molecule has 2 atom stereocenters. The Labute approximate surface area is 115 Å². The molecule has 1 amide bonds. The van der Waals surface area contributed by atoms with E-state index in [0.29, 0.717) is 6.04 Å². The minimum Gasteiger partial charge on any atom is -0.352 e. The van der Waals surface area contributed by atoms with Crippen molar-refractivity contribution < 1.29 is 4.79 Å². The third kappa shape index (κ3) is 4.03.